The fourth-order valence-electron chi connectivity index (χ4n) is 9.17. The van der Waals surface area contributed by atoms with E-state index in [1.807, 2.05) is 0 Å². The lowest BCUT2D eigenvalue weighted by Gasteiger charge is -2.63. The van der Waals surface area contributed by atoms with Crippen LogP contribution in [0.4, 0.5) is 0 Å². The van der Waals surface area contributed by atoms with Gasteiger partial charge in [-0.15, -0.1) is 0 Å². The zero-order valence-electron chi connectivity index (χ0n) is 19.5. The van der Waals surface area contributed by atoms with Gasteiger partial charge in [0.15, 0.2) is 0 Å². The van der Waals surface area contributed by atoms with Gasteiger partial charge in [0, 0.05) is 12.0 Å². The second-order valence-electron chi connectivity index (χ2n) is 12.5. The first-order valence-electron chi connectivity index (χ1n) is 12.8. The Morgan fingerprint density at radius 3 is 2.55 bits per heavy atom. The second-order valence-corrected chi connectivity index (χ2v) is 12.5. The number of hydrogen-bond acceptors (Lipinski definition) is 2. The Bertz CT molecular complexity index is 680. The fraction of sp³-hybridized carbons (Fsp3) is 0.926. The minimum absolute atomic E-state index is 0.0373. The van der Waals surface area contributed by atoms with Crippen molar-refractivity contribution >= 4 is 0 Å². The van der Waals surface area contributed by atoms with Crippen molar-refractivity contribution in [3.8, 4) is 0 Å². The number of hydrogen-bond donors (Lipinski definition) is 1. The molecule has 0 spiro atoms. The molecule has 0 saturated heterocycles. The normalized spacial score (nSPS) is 49.1. The summed E-state index contributed by atoms with van der Waals surface area (Å²) in [4.78, 5) is 0. The molecule has 3 fully saturated rings. The summed E-state index contributed by atoms with van der Waals surface area (Å²) in [6.07, 6.45) is 13.0. The molecule has 2 heteroatoms. The minimum Gasteiger partial charge on any atom is -0.487 e. The average molecular weight is 401 g/mol. The van der Waals surface area contributed by atoms with Crippen molar-refractivity contribution in [3.05, 3.63) is 11.3 Å². The van der Waals surface area contributed by atoms with Crippen molar-refractivity contribution < 1.29 is 9.84 Å². The number of allylic oxidation sites excluding steroid dienone is 1. The molecule has 4 aliphatic carbocycles. The zero-order chi connectivity index (χ0) is 20.6. The Kier molecular flexibility index (Phi) is 4.93. The molecule has 1 aliphatic heterocycles. The van der Waals surface area contributed by atoms with Gasteiger partial charge in [0.1, 0.15) is 11.9 Å². The molecule has 2 nitrogen and oxygen atoms in total. The smallest absolute Gasteiger partial charge is 0.149 e. The Balaban J connectivity index is 1.35. The molecule has 2 unspecified atom stereocenters. The van der Waals surface area contributed by atoms with E-state index in [1.165, 1.54) is 69.1 Å². The van der Waals surface area contributed by atoms with Crippen molar-refractivity contribution in [2.45, 2.75) is 111 Å². The zero-order valence-corrected chi connectivity index (χ0v) is 19.5. The van der Waals surface area contributed by atoms with Gasteiger partial charge in [-0.3, -0.25) is 0 Å². The van der Waals surface area contributed by atoms with Crippen LogP contribution >= 0.6 is 0 Å². The van der Waals surface area contributed by atoms with Crippen LogP contribution in [0.2, 0.25) is 0 Å². The summed E-state index contributed by atoms with van der Waals surface area (Å²) in [5.41, 5.74) is 2.39. The van der Waals surface area contributed by atoms with Gasteiger partial charge in [0.05, 0.1) is 6.10 Å². The van der Waals surface area contributed by atoms with E-state index < -0.39 is 0 Å². The summed E-state index contributed by atoms with van der Waals surface area (Å²) >= 11 is 0. The Morgan fingerprint density at radius 1 is 1.00 bits per heavy atom. The first-order chi connectivity index (χ1) is 13.8. The highest BCUT2D eigenvalue weighted by atomic mass is 16.5. The Hall–Kier alpha value is -0.500. The largest absolute Gasteiger partial charge is 0.487 e. The molecule has 0 bridgehead atoms. The van der Waals surface area contributed by atoms with E-state index in [9.17, 15) is 5.11 Å². The van der Waals surface area contributed by atoms with Gasteiger partial charge in [0.25, 0.3) is 0 Å². The van der Waals surface area contributed by atoms with Crippen LogP contribution in [-0.4, -0.2) is 17.3 Å². The highest BCUT2D eigenvalue weighted by Crippen LogP contribution is 2.70. The fourth-order valence-corrected chi connectivity index (χ4v) is 9.17. The maximum Gasteiger partial charge on any atom is 0.149 e. The van der Waals surface area contributed by atoms with Gasteiger partial charge in [-0.05, 0) is 84.9 Å². The van der Waals surface area contributed by atoms with E-state index in [-0.39, 0.29) is 12.2 Å². The van der Waals surface area contributed by atoms with E-state index >= 15 is 0 Å². The van der Waals surface area contributed by atoms with Crippen LogP contribution in [0, 0.1) is 46.3 Å². The first-order valence-corrected chi connectivity index (χ1v) is 12.8. The monoisotopic (exact) mass is 400 g/mol. The van der Waals surface area contributed by atoms with Crippen LogP contribution < -0.4 is 0 Å². The molecule has 0 amide bonds. The third-order valence-electron chi connectivity index (χ3n) is 10.7. The molecule has 0 aromatic heterocycles. The molecule has 29 heavy (non-hydrogen) atoms. The Labute approximate surface area is 178 Å². The molecule has 1 heterocycles. The minimum atomic E-state index is -0.255. The van der Waals surface area contributed by atoms with Gasteiger partial charge in [-0.1, -0.05) is 53.9 Å². The van der Waals surface area contributed by atoms with Crippen molar-refractivity contribution in [2.24, 2.45) is 46.3 Å². The van der Waals surface area contributed by atoms with Crippen LogP contribution in [0.15, 0.2) is 11.3 Å². The van der Waals surface area contributed by atoms with E-state index in [2.05, 4.69) is 34.6 Å². The number of rotatable bonds is 5. The molecular weight excluding hydrogens is 356 g/mol. The van der Waals surface area contributed by atoms with Crippen molar-refractivity contribution in [1.29, 1.82) is 0 Å². The van der Waals surface area contributed by atoms with E-state index in [0.29, 0.717) is 10.8 Å². The van der Waals surface area contributed by atoms with Crippen molar-refractivity contribution in [3.63, 3.8) is 0 Å². The molecule has 0 aromatic carbocycles. The molecule has 164 valence electrons. The van der Waals surface area contributed by atoms with Crippen LogP contribution in [0.3, 0.4) is 0 Å². The molecule has 0 aromatic rings. The molecule has 0 radical (unpaired) electrons. The van der Waals surface area contributed by atoms with Crippen LogP contribution in [0.25, 0.3) is 0 Å². The maximum absolute atomic E-state index is 10.4. The van der Waals surface area contributed by atoms with Crippen molar-refractivity contribution in [1.82, 2.24) is 0 Å². The number of aliphatic hydroxyl groups excluding tert-OH is 1. The lowest BCUT2D eigenvalue weighted by molar-refractivity contribution is -0.137. The van der Waals surface area contributed by atoms with Crippen LogP contribution in [0.1, 0.15) is 98.8 Å². The highest BCUT2D eigenvalue weighted by Gasteiger charge is 2.64. The summed E-state index contributed by atoms with van der Waals surface area (Å²) < 4.78 is 6.20. The predicted molar refractivity (Wildman–Crippen MR) is 118 cm³/mol. The van der Waals surface area contributed by atoms with Crippen LogP contribution in [-0.2, 0) is 4.74 Å². The number of aliphatic hydroxyl groups is 1. The molecular formula is C27H44O2. The SMILES string of the molecule is CC(C)CCCC(C)[C@H]1CC[C@H]2[C@@H]3CC4=C5C(O4)[C@@H](O)CC[C@]5(C)[C@H]3CC[C@]12C. The summed E-state index contributed by atoms with van der Waals surface area (Å²) in [5.74, 6) is 6.48. The lowest BCUT2D eigenvalue weighted by Crippen LogP contribution is -2.59. The summed E-state index contributed by atoms with van der Waals surface area (Å²) in [7, 11) is 0. The second kappa shape index (κ2) is 7.01. The van der Waals surface area contributed by atoms with E-state index in [4.69, 9.17) is 4.74 Å². The topological polar surface area (TPSA) is 29.5 Å². The predicted octanol–water partition coefficient (Wildman–Crippen LogP) is 6.73. The summed E-state index contributed by atoms with van der Waals surface area (Å²) in [6, 6.07) is 0. The van der Waals surface area contributed by atoms with Gasteiger partial charge in [-0.2, -0.15) is 0 Å². The molecule has 3 saturated carbocycles. The summed E-state index contributed by atoms with van der Waals surface area (Å²) in [5, 5.41) is 10.4. The van der Waals surface area contributed by atoms with Gasteiger partial charge in [-0.25, -0.2) is 0 Å². The third kappa shape index (κ3) is 2.90. The standard InChI is InChI=1S/C27H44O2/c1-16(2)7-6-8-17(3)19-9-10-20-18-15-23-24-25(29-23)22(28)12-14-27(24,5)21(18)11-13-26(19,20)4/h16-22,25,28H,6-15H2,1-5H3/t17?,18-,19+,20-,21-,22-,25?,26+,27+/m0/s1. The number of fused-ring (bicyclic) bond motifs is 4. The van der Waals surface area contributed by atoms with Gasteiger partial charge < -0.3 is 9.84 Å². The molecule has 5 rings (SSSR count). The molecule has 5 aliphatic rings. The van der Waals surface area contributed by atoms with Gasteiger partial charge >= 0.3 is 0 Å². The maximum atomic E-state index is 10.4. The van der Waals surface area contributed by atoms with Crippen LogP contribution in [0.5, 0.6) is 0 Å². The van der Waals surface area contributed by atoms with Crippen molar-refractivity contribution in [2.75, 3.05) is 0 Å². The van der Waals surface area contributed by atoms with E-state index in [0.717, 1.165) is 41.9 Å². The third-order valence-corrected chi connectivity index (χ3v) is 10.7. The lowest BCUT2D eigenvalue weighted by atomic mass is 9.45. The quantitative estimate of drug-likeness (QED) is 0.554. The summed E-state index contributed by atoms with van der Waals surface area (Å²) in [6.45, 7) is 12.5. The Morgan fingerprint density at radius 2 is 1.79 bits per heavy atom. The molecule has 9 atom stereocenters. The number of ether oxygens (including phenoxy) is 1. The van der Waals surface area contributed by atoms with Gasteiger partial charge in [0.2, 0.25) is 0 Å². The highest BCUT2D eigenvalue weighted by molar-refractivity contribution is 5.38. The first kappa shape index (κ1) is 20.4. The van der Waals surface area contributed by atoms with E-state index in [1.54, 1.807) is 0 Å². The molecule has 1 N–H and O–H groups in total. The average Bonchev–Trinajstić information content (AvgIpc) is 2.98.